The minimum absolute atomic E-state index is 0.0754. The van der Waals surface area contributed by atoms with Crippen LogP contribution in [-0.2, 0) is 22.6 Å². The molecule has 0 aliphatic rings. The van der Waals surface area contributed by atoms with Crippen molar-refractivity contribution >= 4 is 11.8 Å². The van der Waals surface area contributed by atoms with E-state index in [1.54, 1.807) is 0 Å². The van der Waals surface area contributed by atoms with Crippen molar-refractivity contribution in [1.29, 1.82) is 0 Å². The number of carbonyl (C=O) groups is 2. The molecule has 2 rings (SSSR count). The lowest BCUT2D eigenvalue weighted by Gasteiger charge is -2.27. The molecule has 0 radical (unpaired) electrons. The molecule has 0 saturated carbocycles. The van der Waals surface area contributed by atoms with Crippen LogP contribution in [0.1, 0.15) is 31.8 Å². The summed E-state index contributed by atoms with van der Waals surface area (Å²) in [5, 5.41) is 2.76. The Morgan fingerprint density at radius 3 is 2.48 bits per heavy atom. The summed E-state index contributed by atoms with van der Waals surface area (Å²) in [5.74, 6) is -0.695. The maximum atomic E-state index is 12.9. The van der Waals surface area contributed by atoms with Crippen LogP contribution >= 0.6 is 0 Å². The molecule has 0 spiro atoms. The maximum Gasteiger partial charge on any atom is 0.319 e. The number of aromatic nitrogens is 2. The van der Waals surface area contributed by atoms with Crippen LogP contribution in [0.2, 0.25) is 0 Å². The molecule has 8 heteroatoms. The van der Waals surface area contributed by atoms with Crippen LogP contribution in [0.3, 0.4) is 0 Å². The molecule has 0 aliphatic carbocycles. The van der Waals surface area contributed by atoms with Crippen molar-refractivity contribution in [1.82, 2.24) is 19.8 Å². The fraction of sp³-hybridized carbons (Fsp3) is 0.421. The first kappa shape index (κ1) is 20.5. The second kappa shape index (κ2) is 9.25. The molecule has 0 fully saturated rings. The molecule has 1 unspecified atom stereocenters. The number of rotatable bonds is 8. The van der Waals surface area contributed by atoms with Crippen LogP contribution < -0.4 is 5.32 Å². The van der Waals surface area contributed by atoms with E-state index >= 15 is 0 Å². The first-order valence-electron chi connectivity index (χ1n) is 8.67. The Bertz CT molecular complexity index is 762. The Balaban J connectivity index is 2.03. The number of likely N-dealkylation sites (N-methyl/N-ethyl adjacent to an activating group) is 1. The van der Waals surface area contributed by atoms with Gasteiger partial charge in [-0.3, -0.25) is 14.2 Å². The first-order chi connectivity index (χ1) is 12.8. The molecule has 1 atom stereocenters. The Labute approximate surface area is 157 Å². The molecule has 146 valence electrons. The third-order valence-electron chi connectivity index (χ3n) is 4.17. The Hall–Kier alpha value is -2.77. The fourth-order valence-corrected chi connectivity index (χ4v) is 2.69. The number of halogens is 2. The fourth-order valence-electron chi connectivity index (χ4n) is 2.69. The molecule has 0 bridgehead atoms. The van der Waals surface area contributed by atoms with Crippen LogP contribution in [-0.4, -0.2) is 39.4 Å². The number of alkyl halides is 2. The van der Waals surface area contributed by atoms with Gasteiger partial charge in [0, 0.05) is 19.4 Å². The van der Waals surface area contributed by atoms with Crippen LogP contribution in [0.4, 0.5) is 8.78 Å². The minimum atomic E-state index is -2.72. The number of imidazole rings is 1. The van der Waals surface area contributed by atoms with Gasteiger partial charge in [0.25, 0.3) is 0 Å². The zero-order valence-electron chi connectivity index (χ0n) is 15.6. The molecule has 2 amide bonds. The highest BCUT2D eigenvalue weighted by molar-refractivity contribution is 5.88. The Kier molecular flexibility index (Phi) is 7.04. The van der Waals surface area contributed by atoms with Gasteiger partial charge >= 0.3 is 6.55 Å². The van der Waals surface area contributed by atoms with Crippen LogP contribution in [0.25, 0.3) is 0 Å². The number of amides is 2. The molecule has 1 aromatic heterocycles. The van der Waals surface area contributed by atoms with Gasteiger partial charge in [0.05, 0.1) is 13.0 Å². The number of nitrogens with one attached hydrogen (secondary N) is 1. The van der Waals surface area contributed by atoms with Gasteiger partial charge in [0.1, 0.15) is 11.9 Å². The first-order valence-corrected chi connectivity index (χ1v) is 8.67. The van der Waals surface area contributed by atoms with E-state index in [0.717, 1.165) is 5.56 Å². The van der Waals surface area contributed by atoms with Gasteiger partial charge in [-0.05, 0) is 11.5 Å². The van der Waals surface area contributed by atoms with E-state index in [2.05, 4.69) is 10.3 Å². The largest absolute Gasteiger partial charge is 0.344 e. The zero-order valence-corrected chi connectivity index (χ0v) is 15.6. The molecular formula is C19H24F2N4O2. The third-order valence-corrected chi connectivity index (χ3v) is 4.17. The average Bonchev–Trinajstić information content (AvgIpc) is 3.08. The van der Waals surface area contributed by atoms with Gasteiger partial charge in [-0.25, -0.2) is 4.98 Å². The lowest BCUT2D eigenvalue weighted by molar-refractivity contribution is -0.137. The van der Waals surface area contributed by atoms with E-state index in [4.69, 9.17) is 0 Å². The minimum Gasteiger partial charge on any atom is -0.344 e. The smallest absolute Gasteiger partial charge is 0.319 e. The molecule has 0 saturated heterocycles. The second-order valence-corrected chi connectivity index (χ2v) is 6.67. The predicted molar refractivity (Wildman–Crippen MR) is 96.9 cm³/mol. The highest BCUT2D eigenvalue weighted by Gasteiger charge is 2.28. The highest BCUT2D eigenvalue weighted by atomic mass is 19.3. The Morgan fingerprint density at radius 2 is 1.89 bits per heavy atom. The summed E-state index contributed by atoms with van der Waals surface area (Å²) in [6.45, 7) is 0.838. The van der Waals surface area contributed by atoms with Gasteiger partial charge < -0.3 is 10.2 Å². The summed E-state index contributed by atoms with van der Waals surface area (Å²) in [4.78, 5) is 30.3. The van der Waals surface area contributed by atoms with Crippen LogP contribution in [0, 0.1) is 5.92 Å². The summed E-state index contributed by atoms with van der Waals surface area (Å²) in [7, 11) is 1.51. The molecule has 2 aromatic rings. The molecule has 0 aliphatic heterocycles. The summed E-state index contributed by atoms with van der Waals surface area (Å²) < 4.78 is 26.6. The summed E-state index contributed by atoms with van der Waals surface area (Å²) in [6.07, 6.45) is 2.60. The lowest BCUT2D eigenvalue weighted by Crippen LogP contribution is -2.50. The normalized spacial score (nSPS) is 12.3. The van der Waals surface area contributed by atoms with E-state index in [9.17, 15) is 18.4 Å². The second-order valence-electron chi connectivity index (χ2n) is 6.67. The molecule has 1 N–H and O–H groups in total. The van der Waals surface area contributed by atoms with Crippen LogP contribution in [0.15, 0.2) is 42.7 Å². The van der Waals surface area contributed by atoms with Crippen molar-refractivity contribution in [3.8, 4) is 0 Å². The molecule has 1 heterocycles. The van der Waals surface area contributed by atoms with Gasteiger partial charge in [-0.2, -0.15) is 8.78 Å². The number of carbonyl (C=O) groups excluding carboxylic acids is 2. The van der Waals surface area contributed by atoms with Gasteiger partial charge in [0.2, 0.25) is 11.8 Å². The predicted octanol–water partition coefficient (Wildman–Crippen LogP) is 2.62. The van der Waals surface area contributed by atoms with E-state index in [-0.39, 0.29) is 36.5 Å². The number of nitrogens with zero attached hydrogens (tertiary/aromatic N) is 3. The van der Waals surface area contributed by atoms with Gasteiger partial charge in [0.15, 0.2) is 0 Å². The Morgan fingerprint density at radius 1 is 1.22 bits per heavy atom. The SMILES string of the molecule is CC(C)C(NC(=O)Cc1ccccc1)C(=O)N(C)Cc1nccn1C(F)F. The summed E-state index contributed by atoms with van der Waals surface area (Å²) in [6, 6.07) is 8.46. The quantitative estimate of drug-likeness (QED) is 0.768. The monoisotopic (exact) mass is 378 g/mol. The molecular weight excluding hydrogens is 354 g/mol. The van der Waals surface area contributed by atoms with Gasteiger partial charge in [-0.15, -0.1) is 0 Å². The number of hydrogen-bond acceptors (Lipinski definition) is 3. The topological polar surface area (TPSA) is 67.2 Å². The molecule has 6 nitrogen and oxygen atoms in total. The molecule has 27 heavy (non-hydrogen) atoms. The van der Waals surface area contributed by atoms with Crippen molar-refractivity contribution in [2.24, 2.45) is 5.92 Å². The van der Waals surface area contributed by atoms with E-state index in [0.29, 0.717) is 4.57 Å². The van der Waals surface area contributed by atoms with E-state index in [1.807, 2.05) is 44.2 Å². The summed E-state index contributed by atoms with van der Waals surface area (Å²) >= 11 is 0. The standard InChI is InChI=1S/C19H24F2N4O2/c1-13(2)17(23-16(26)11-14-7-5-4-6-8-14)18(27)24(3)12-15-22-9-10-25(15)19(20)21/h4-10,13,17,19H,11-12H2,1-3H3,(H,23,26). The van der Waals surface area contributed by atoms with Crippen molar-refractivity contribution in [2.45, 2.75) is 39.4 Å². The third kappa shape index (κ3) is 5.60. The number of benzene rings is 1. The van der Waals surface area contributed by atoms with E-state index in [1.165, 1.54) is 24.3 Å². The zero-order chi connectivity index (χ0) is 20.0. The lowest BCUT2D eigenvalue weighted by atomic mass is 10.0. The van der Waals surface area contributed by atoms with Crippen LogP contribution in [0.5, 0.6) is 0 Å². The maximum absolute atomic E-state index is 12.9. The summed E-state index contributed by atoms with van der Waals surface area (Å²) in [5.41, 5.74) is 0.845. The molecule has 1 aromatic carbocycles. The van der Waals surface area contributed by atoms with E-state index < -0.39 is 12.6 Å². The highest BCUT2D eigenvalue weighted by Crippen LogP contribution is 2.15. The average molecular weight is 378 g/mol. The van der Waals surface area contributed by atoms with Crippen molar-refractivity contribution in [3.63, 3.8) is 0 Å². The number of hydrogen-bond donors (Lipinski definition) is 1. The van der Waals surface area contributed by atoms with Gasteiger partial charge in [-0.1, -0.05) is 44.2 Å². The van der Waals surface area contributed by atoms with Crippen molar-refractivity contribution < 1.29 is 18.4 Å². The van der Waals surface area contributed by atoms with Crippen molar-refractivity contribution in [2.75, 3.05) is 7.05 Å². The van der Waals surface area contributed by atoms with Crippen molar-refractivity contribution in [3.05, 3.63) is 54.1 Å².